The molecule has 1 aromatic carbocycles. The van der Waals surface area contributed by atoms with Crippen molar-refractivity contribution >= 4 is 17.8 Å². The molecule has 2 amide bonds. The average molecular weight is 541 g/mol. The Morgan fingerprint density at radius 2 is 1.79 bits per heavy atom. The number of carbonyl (C=O) groups excluding carboxylic acids is 3. The van der Waals surface area contributed by atoms with Crippen molar-refractivity contribution < 1.29 is 23.9 Å². The van der Waals surface area contributed by atoms with E-state index in [4.69, 9.17) is 9.47 Å². The standard InChI is InChI=1S/C32H48N2O5/c1-6-7-8-9-10-13-20-34-27-16-18-31(2,3)23-32(27,30(37)39-5)22-25(29(34)36)21-28(35)33-19-17-24-14-11-12-15-26(24)38-4/h11-12,14-16,25H,6-10,13,17-23H2,1-5H3,(H,33,35)/t25-,32-/m1/s1. The number of fused-ring (bicyclic) bond motifs is 1. The van der Waals surface area contributed by atoms with Crippen LogP contribution < -0.4 is 10.1 Å². The number of amides is 2. The van der Waals surface area contributed by atoms with Crippen molar-refractivity contribution in [2.75, 3.05) is 27.3 Å². The Balaban J connectivity index is 1.75. The molecule has 1 aromatic rings. The highest BCUT2D eigenvalue weighted by Crippen LogP contribution is 2.54. The molecule has 2 aliphatic rings. The normalized spacial score (nSPS) is 22.1. The van der Waals surface area contributed by atoms with E-state index in [1.165, 1.54) is 26.4 Å². The lowest BCUT2D eigenvalue weighted by molar-refractivity contribution is -0.162. The van der Waals surface area contributed by atoms with Crippen LogP contribution in [0.1, 0.15) is 90.5 Å². The zero-order valence-electron chi connectivity index (χ0n) is 24.6. The van der Waals surface area contributed by atoms with Gasteiger partial charge in [-0.3, -0.25) is 14.4 Å². The third-order valence-corrected chi connectivity index (χ3v) is 8.27. The molecule has 1 saturated heterocycles. The van der Waals surface area contributed by atoms with Crippen LogP contribution in [-0.4, -0.2) is 50.0 Å². The molecule has 216 valence electrons. The van der Waals surface area contributed by atoms with E-state index < -0.39 is 11.3 Å². The van der Waals surface area contributed by atoms with Gasteiger partial charge in [0.15, 0.2) is 0 Å². The first-order valence-electron chi connectivity index (χ1n) is 14.7. The molecule has 2 atom stereocenters. The monoisotopic (exact) mass is 540 g/mol. The Bertz CT molecular complexity index is 1030. The maximum atomic E-state index is 13.8. The first kappa shape index (κ1) is 30.7. The molecule has 1 heterocycles. The van der Waals surface area contributed by atoms with Gasteiger partial charge in [-0.2, -0.15) is 0 Å². The van der Waals surface area contributed by atoms with Gasteiger partial charge in [-0.1, -0.05) is 77.2 Å². The largest absolute Gasteiger partial charge is 0.496 e. The number of ether oxygens (including phenoxy) is 2. The third kappa shape index (κ3) is 7.64. The highest BCUT2D eigenvalue weighted by Gasteiger charge is 2.57. The minimum Gasteiger partial charge on any atom is -0.496 e. The molecule has 0 spiro atoms. The van der Waals surface area contributed by atoms with Gasteiger partial charge in [0.1, 0.15) is 11.2 Å². The number of para-hydroxylation sites is 1. The van der Waals surface area contributed by atoms with Crippen molar-refractivity contribution in [2.24, 2.45) is 16.7 Å². The first-order valence-corrected chi connectivity index (χ1v) is 14.7. The van der Waals surface area contributed by atoms with Crippen molar-refractivity contribution in [2.45, 2.75) is 91.4 Å². The zero-order valence-corrected chi connectivity index (χ0v) is 24.6. The van der Waals surface area contributed by atoms with Gasteiger partial charge in [-0.25, -0.2) is 0 Å². The number of likely N-dealkylation sites (tertiary alicyclic amines) is 1. The number of hydrogen-bond donors (Lipinski definition) is 1. The van der Waals surface area contributed by atoms with Crippen LogP contribution in [0.25, 0.3) is 0 Å². The van der Waals surface area contributed by atoms with Crippen LogP contribution in [0.4, 0.5) is 0 Å². The molecule has 1 fully saturated rings. The summed E-state index contributed by atoms with van der Waals surface area (Å²) in [7, 11) is 3.06. The highest BCUT2D eigenvalue weighted by molar-refractivity contribution is 5.92. The predicted octanol–water partition coefficient (Wildman–Crippen LogP) is 5.82. The number of rotatable bonds is 14. The average Bonchev–Trinajstić information content (AvgIpc) is 2.91. The van der Waals surface area contributed by atoms with E-state index in [0.717, 1.165) is 42.7 Å². The number of allylic oxidation sites excluding steroid dienone is 1. The zero-order chi connectivity index (χ0) is 28.5. The minimum absolute atomic E-state index is 0.0473. The van der Waals surface area contributed by atoms with Gasteiger partial charge in [-0.15, -0.1) is 0 Å². The van der Waals surface area contributed by atoms with Gasteiger partial charge in [0.25, 0.3) is 0 Å². The van der Waals surface area contributed by atoms with Gasteiger partial charge < -0.3 is 19.7 Å². The number of piperidine rings is 1. The molecule has 1 N–H and O–H groups in total. The van der Waals surface area contributed by atoms with E-state index in [9.17, 15) is 14.4 Å². The second kappa shape index (κ2) is 14.0. The summed E-state index contributed by atoms with van der Waals surface area (Å²) >= 11 is 0. The Morgan fingerprint density at radius 3 is 2.51 bits per heavy atom. The molecular weight excluding hydrogens is 492 g/mol. The Hall–Kier alpha value is -2.83. The summed E-state index contributed by atoms with van der Waals surface area (Å²) in [5.41, 5.74) is 0.795. The molecule has 0 saturated carbocycles. The molecule has 0 aromatic heterocycles. The van der Waals surface area contributed by atoms with Crippen LogP contribution in [0.2, 0.25) is 0 Å². The molecule has 3 rings (SSSR count). The van der Waals surface area contributed by atoms with Gasteiger partial charge in [0, 0.05) is 31.1 Å². The number of nitrogens with one attached hydrogen (secondary N) is 1. The van der Waals surface area contributed by atoms with Crippen molar-refractivity contribution in [3.05, 3.63) is 41.6 Å². The summed E-state index contributed by atoms with van der Waals surface area (Å²) in [6, 6.07) is 7.74. The van der Waals surface area contributed by atoms with Gasteiger partial charge >= 0.3 is 5.97 Å². The number of nitrogens with zero attached hydrogens (tertiary/aromatic N) is 1. The molecule has 1 aliphatic carbocycles. The van der Waals surface area contributed by atoms with E-state index in [0.29, 0.717) is 32.4 Å². The smallest absolute Gasteiger partial charge is 0.317 e. The Kier molecular flexibility index (Phi) is 11.0. The van der Waals surface area contributed by atoms with Crippen LogP contribution in [0.5, 0.6) is 5.75 Å². The van der Waals surface area contributed by atoms with Crippen molar-refractivity contribution in [1.82, 2.24) is 10.2 Å². The molecule has 0 unspecified atom stereocenters. The molecule has 7 heteroatoms. The third-order valence-electron chi connectivity index (χ3n) is 8.27. The summed E-state index contributed by atoms with van der Waals surface area (Å²) in [4.78, 5) is 42.1. The summed E-state index contributed by atoms with van der Waals surface area (Å²) in [5.74, 6) is -0.303. The Morgan fingerprint density at radius 1 is 1.08 bits per heavy atom. The minimum atomic E-state index is -0.908. The summed E-state index contributed by atoms with van der Waals surface area (Å²) in [5, 5.41) is 2.98. The second-order valence-corrected chi connectivity index (χ2v) is 12.0. The van der Waals surface area contributed by atoms with Crippen LogP contribution >= 0.6 is 0 Å². The number of methoxy groups -OCH3 is 2. The van der Waals surface area contributed by atoms with E-state index >= 15 is 0 Å². The van der Waals surface area contributed by atoms with E-state index in [1.54, 1.807) is 7.11 Å². The number of carbonyl (C=O) groups is 3. The van der Waals surface area contributed by atoms with Gasteiger partial charge in [-0.05, 0) is 49.1 Å². The molecule has 7 nitrogen and oxygen atoms in total. The van der Waals surface area contributed by atoms with Crippen LogP contribution in [0.3, 0.4) is 0 Å². The molecule has 0 bridgehead atoms. The molecule has 1 aliphatic heterocycles. The summed E-state index contributed by atoms with van der Waals surface area (Å²) in [6.07, 6.45) is 11.2. The maximum absolute atomic E-state index is 13.8. The fraction of sp³-hybridized carbons (Fsp3) is 0.656. The lowest BCUT2D eigenvalue weighted by atomic mass is 9.59. The Labute approximate surface area is 234 Å². The van der Waals surface area contributed by atoms with Crippen molar-refractivity contribution in [3.8, 4) is 5.75 Å². The number of esters is 1. The molecular formula is C32H48N2O5. The van der Waals surface area contributed by atoms with Crippen molar-refractivity contribution in [1.29, 1.82) is 0 Å². The van der Waals surface area contributed by atoms with E-state index in [-0.39, 0.29) is 29.6 Å². The van der Waals surface area contributed by atoms with Crippen LogP contribution in [0, 0.1) is 16.7 Å². The van der Waals surface area contributed by atoms with E-state index in [1.807, 2.05) is 29.2 Å². The summed E-state index contributed by atoms with van der Waals surface area (Å²) < 4.78 is 10.8. The maximum Gasteiger partial charge on any atom is 0.317 e. The fourth-order valence-electron chi connectivity index (χ4n) is 6.38. The quantitative estimate of drug-likeness (QED) is 0.238. The lowest BCUT2D eigenvalue weighted by Crippen LogP contribution is -2.56. The number of unbranched alkanes of at least 4 members (excludes halogenated alkanes) is 5. The molecule has 39 heavy (non-hydrogen) atoms. The van der Waals surface area contributed by atoms with E-state index in [2.05, 4.69) is 32.2 Å². The second-order valence-electron chi connectivity index (χ2n) is 12.0. The van der Waals surface area contributed by atoms with Gasteiger partial charge in [0.05, 0.1) is 14.2 Å². The first-order chi connectivity index (χ1) is 18.7. The van der Waals surface area contributed by atoms with Crippen LogP contribution in [0.15, 0.2) is 36.0 Å². The number of benzene rings is 1. The topological polar surface area (TPSA) is 84.9 Å². The predicted molar refractivity (Wildman–Crippen MR) is 153 cm³/mol. The van der Waals surface area contributed by atoms with Gasteiger partial charge in [0.2, 0.25) is 11.8 Å². The van der Waals surface area contributed by atoms with Crippen LogP contribution in [-0.2, 0) is 25.5 Å². The summed E-state index contributed by atoms with van der Waals surface area (Å²) in [6.45, 7) is 7.52. The number of hydrogen-bond acceptors (Lipinski definition) is 5. The fourth-order valence-corrected chi connectivity index (χ4v) is 6.38. The SMILES string of the molecule is CCCCCCCCN1C(=O)[C@H](CC(=O)NCCc2ccccc2OC)C[C@@]2(C(=O)OC)CC(C)(C)CC=C12. The molecule has 0 radical (unpaired) electrons. The van der Waals surface area contributed by atoms with Crippen molar-refractivity contribution in [3.63, 3.8) is 0 Å². The highest BCUT2D eigenvalue weighted by atomic mass is 16.5. The lowest BCUT2D eigenvalue weighted by Gasteiger charge is -2.51.